The first-order valence-electron chi connectivity index (χ1n) is 5.06. The fourth-order valence-corrected chi connectivity index (χ4v) is 2.53. The molecule has 0 bridgehead atoms. The first-order chi connectivity index (χ1) is 8.20. The minimum absolute atomic E-state index is 0.243. The molecule has 2 nitrogen and oxygen atoms in total. The molecule has 0 fully saturated rings. The zero-order valence-corrected chi connectivity index (χ0v) is 11.3. The van der Waals surface area contributed by atoms with E-state index in [1.54, 1.807) is 17.4 Å². The van der Waals surface area contributed by atoms with Crippen LogP contribution in [0.15, 0.2) is 40.2 Å². The molecule has 1 aromatic heterocycles. The second-order valence-electron chi connectivity index (χ2n) is 3.43. The Morgan fingerprint density at radius 2 is 2.24 bits per heavy atom. The number of nitrogens with two attached hydrogens (primary N) is 1. The lowest BCUT2D eigenvalue weighted by atomic mass is 10.3. The number of halogens is 2. The van der Waals surface area contributed by atoms with Crippen LogP contribution in [0.3, 0.4) is 0 Å². The van der Waals surface area contributed by atoms with Crippen molar-refractivity contribution in [3.05, 3.63) is 50.9 Å². The quantitative estimate of drug-likeness (QED) is 0.933. The van der Waals surface area contributed by atoms with Crippen molar-refractivity contribution in [2.75, 3.05) is 6.54 Å². The summed E-state index contributed by atoms with van der Waals surface area (Å²) in [6.07, 6.45) is -0.243. The largest absolute Gasteiger partial charge is 0.482 e. The molecule has 0 saturated carbocycles. The summed E-state index contributed by atoms with van der Waals surface area (Å²) in [4.78, 5) is 1.03. The third-order valence-electron chi connectivity index (χ3n) is 2.24. The average molecular weight is 316 g/mol. The standard InChI is InChI=1S/C12H11BrFNOS/c13-9-4-3-8(14)6-10(9)16-11(7-15)12-2-1-5-17-12/h1-6,11H,7,15H2. The highest BCUT2D eigenvalue weighted by molar-refractivity contribution is 9.10. The molecule has 2 aromatic rings. The van der Waals surface area contributed by atoms with Crippen LogP contribution in [0.2, 0.25) is 0 Å². The second kappa shape index (κ2) is 5.62. The summed E-state index contributed by atoms with van der Waals surface area (Å²) >= 11 is 4.89. The molecule has 90 valence electrons. The highest BCUT2D eigenvalue weighted by Crippen LogP contribution is 2.31. The van der Waals surface area contributed by atoms with Crippen LogP contribution in [-0.4, -0.2) is 6.54 Å². The minimum atomic E-state index is -0.329. The summed E-state index contributed by atoms with van der Waals surface area (Å²) in [6.45, 7) is 0.351. The van der Waals surface area contributed by atoms with Gasteiger partial charge in [-0.15, -0.1) is 11.3 Å². The lowest BCUT2D eigenvalue weighted by molar-refractivity contribution is 0.215. The Bertz CT molecular complexity index is 489. The third kappa shape index (κ3) is 3.06. The van der Waals surface area contributed by atoms with Gasteiger partial charge < -0.3 is 10.5 Å². The van der Waals surface area contributed by atoms with Crippen molar-refractivity contribution >= 4 is 27.3 Å². The van der Waals surface area contributed by atoms with Crippen molar-refractivity contribution in [3.63, 3.8) is 0 Å². The van der Waals surface area contributed by atoms with Crippen LogP contribution in [0, 0.1) is 5.82 Å². The fourth-order valence-electron chi connectivity index (χ4n) is 1.42. The van der Waals surface area contributed by atoms with E-state index in [0.717, 1.165) is 4.88 Å². The molecule has 0 aliphatic rings. The molecule has 2 N–H and O–H groups in total. The molecule has 1 aromatic carbocycles. The van der Waals surface area contributed by atoms with Crippen LogP contribution >= 0.6 is 27.3 Å². The van der Waals surface area contributed by atoms with E-state index in [-0.39, 0.29) is 11.9 Å². The number of thiophene rings is 1. The zero-order chi connectivity index (χ0) is 12.3. The van der Waals surface area contributed by atoms with Gasteiger partial charge >= 0.3 is 0 Å². The topological polar surface area (TPSA) is 35.2 Å². The highest BCUT2D eigenvalue weighted by Gasteiger charge is 2.14. The Labute approximate surface area is 111 Å². The Morgan fingerprint density at radius 1 is 1.41 bits per heavy atom. The molecule has 0 amide bonds. The summed E-state index contributed by atoms with van der Waals surface area (Å²) in [5, 5.41) is 1.96. The van der Waals surface area contributed by atoms with Crippen LogP contribution in [0.5, 0.6) is 5.75 Å². The number of hydrogen-bond acceptors (Lipinski definition) is 3. The molecule has 1 atom stereocenters. The van der Waals surface area contributed by atoms with Gasteiger partial charge in [-0.05, 0) is 39.5 Å². The minimum Gasteiger partial charge on any atom is -0.482 e. The lowest BCUT2D eigenvalue weighted by Gasteiger charge is -2.17. The van der Waals surface area contributed by atoms with Gasteiger partial charge in [-0.25, -0.2) is 4.39 Å². The molecule has 0 radical (unpaired) electrons. The van der Waals surface area contributed by atoms with Crippen molar-refractivity contribution in [3.8, 4) is 5.75 Å². The SMILES string of the molecule is NCC(Oc1cc(F)ccc1Br)c1cccs1. The predicted molar refractivity (Wildman–Crippen MR) is 70.8 cm³/mol. The molecule has 0 aliphatic carbocycles. The van der Waals surface area contributed by atoms with Crippen molar-refractivity contribution in [1.82, 2.24) is 0 Å². The molecule has 0 aliphatic heterocycles. The molecular weight excluding hydrogens is 305 g/mol. The predicted octanol–water partition coefficient (Wildman–Crippen LogP) is 3.73. The normalized spacial score (nSPS) is 12.4. The molecule has 1 unspecified atom stereocenters. The summed E-state index contributed by atoms with van der Waals surface area (Å²) in [7, 11) is 0. The highest BCUT2D eigenvalue weighted by atomic mass is 79.9. The summed E-state index contributed by atoms with van der Waals surface area (Å²) in [5.41, 5.74) is 5.67. The molecule has 1 heterocycles. The van der Waals surface area contributed by atoms with Gasteiger partial charge in [0.2, 0.25) is 0 Å². The first-order valence-corrected chi connectivity index (χ1v) is 6.73. The van der Waals surface area contributed by atoms with Crippen LogP contribution in [-0.2, 0) is 0 Å². The maximum Gasteiger partial charge on any atom is 0.145 e. The summed E-state index contributed by atoms with van der Waals surface area (Å²) in [5.74, 6) is 0.138. The van der Waals surface area contributed by atoms with Crippen molar-refractivity contribution in [2.45, 2.75) is 6.10 Å². The maximum atomic E-state index is 13.1. The number of rotatable bonds is 4. The Morgan fingerprint density at radius 3 is 2.88 bits per heavy atom. The van der Waals surface area contributed by atoms with E-state index in [1.165, 1.54) is 12.1 Å². The number of benzene rings is 1. The van der Waals surface area contributed by atoms with Gasteiger partial charge in [0.25, 0.3) is 0 Å². The molecule has 5 heteroatoms. The van der Waals surface area contributed by atoms with Crippen molar-refractivity contribution < 1.29 is 9.13 Å². The van der Waals surface area contributed by atoms with E-state index in [2.05, 4.69) is 15.9 Å². The van der Waals surface area contributed by atoms with Gasteiger partial charge in [-0.2, -0.15) is 0 Å². The van der Waals surface area contributed by atoms with Gasteiger partial charge in [0.05, 0.1) is 4.47 Å². The monoisotopic (exact) mass is 315 g/mol. The third-order valence-corrected chi connectivity index (χ3v) is 3.86. The van der Waals surface area contributed by atoms with Gasteiger partial charge in [0.1, 0.15) is 17.7 Å². The summed E-state index contributed by atoms with van der Waals surface area (Å²) < 4.78 is 19.5. The average Bonchev–Trinajstić information content (AvgIpc) is 2.84. The Kier molecular flexibility index (Phi) is 4.15. The van der Waals surface area contributed by atoms with Crippen LogP contribution < -0.4 is 10.5 Å². The molecule has 0 saturated heterocycles. The van der Waals surface area contributed by atoms with Gasteiger partial charge in [0, 0.05) is 17.5 Å². The first kappa shape index (κ1) is 12.5. The maximum absolute atomic E-state index is 13.1. The van der Waals surface area contributed by atoms with E-state index in [9.17, 15) is 4.39 Å². The molecular formula is C12H11BrFNOS. The Balaban J connectivity index is 2.21. The van der Waals surface area contributed by atoms with Crippen LogP contribution in [0.1, 0.15) is 11.0 Å². The Hall–Kier alpha value is -0.910. The van der Waals surface area contributed by atoms with E-state index >= 15 is 0 Å². The second-order valence-corrected chi connectivity index (χ2v) is 5.27. The van der Waals surface area contributed by atoms with Gasteiger partial charge in [0.15, 0.2) is 0 Å². The smallest absolute Gasteiger partial charge is 0.145 e. The van der Waals surface area contributed by atoms with Crippen molar-refractivity contribution in [1.29, 1.82) is 0 Å². The number of ether oxygens (including phenoxy) is 1. The van der Waals surface area contributed by atoms with Crippen LogP contribution in [0.25, 0.3) is 0 Å². The van der Waals surface area contributed by atoms with E-state index in [0.29, 0.717) is 16.8 Å². The van der Waals surface area contributed by atoms with E-state index in [1.807, 2.05) is 17.5 Å². The summed E-state index contributed by atoms with van der Waals surface area (Å²) in [6, 6.07) is 8.23. The molecule has 17 heavy (non-hydrogen) atoms. The lowest BCUT2D eigenvalue weighted by Crippen LogP contribution is -2.17. The van der Waals surface area contributed by atoms with E-state index in [4.69, 9.17) is 10.5 Å². The number of hydrogen-bond donors (Lipinski definition) is 1. The zero-order valence-electron chi connectivity index (χ0n) is 8.90. The van der Waals surface area contributed by atoms with E-state index < -0.39 is 0 Å². The fraction of sp³-hybridized carbons (Fsp3) is 0.167. The molecule has 2 rings (SSSR count). The molecule has 0 spiro atoms. The van der Waals surface area contributed by atoms with Crippen LogP contribution in [0.4, 0.5) is 4.39 Å². The van der Waals surface area contributed by atoms with Gasteiger partial charge in [-0.1, -0.05) is 6.07 Å². The van der Waals surface area contributed by atoms with Crippen molar-refractivity contribution in [2.24, 2.45) is 5.73 Å². The van der Waals surface area contributed by atoms with Gasteiger partial charge in [-0.3, -0.25) is 0 Å².